The third-order valence-electron chi connectivity index (χ3n) is 4.30. The van der Waals surface area contributed by atoms with Gasteiger partial charge >= 0.3 is 0 Å². The Morgan fingerprint density at radius 1 is 0.533 bits per heavy atom. The van der Waals surface area contributed by atoms with Gasteiger partial charge in [-0.05, 0) is 0 Å². The van der Waals surface area contributed by atoms with Crippen LogP contribution in [-0.4, -0.2) is 14.4 Å². The minimum atomic E-state index is -0.937. The van der Waals surface area contributed by atoms with E-state index in [2.05, 4.69) is 52.2 Å². The molecule has 0 amide bonds. The first-order valence-corrected chi connectivity index (χ1v) is 14.3. The number of hydrogen-bond acceptors (Lipinski definition) is 1. The lowest BCUT2D eigenvalue weighted by Gasteiger charge is -2.38. The fraction of sp³-hybridized carbons (Fsp3) is 1.00. The van der Waals surface area contributed by atoms with E-state index in [4.69, 9.17) is 0 Å². The van der Waals surface area contributed by atoms with Crippen LogP contribution in [0.3, 0.4) is 0 Å². The molecule has 0 radical (unpaired) electrons. The Labute approximate surface area is 103 Å². The van der Waals surface area contributed by atoms with E-state index >= 15 is 0 Å². The van der Waals surface area contributed by atoms with Gasteiger partial charge in [0.25, 0.3) is 0 Å². The average molecular weight is 263 g/mol. The van der Waals surface area contributed by atoms with Gasteiger partial charge in [-0.15, -0.1) is 0 Å². The van der Waals surface area contributed by atoms with Gasteiger partial charge < -0.3 is 0 Å². The summed E-state index contributed by atoms with van der Waals surface area (Å²) in [4.78, 5) is 0. The summed E-state index contributed by atoms with van der Waals surface area (Å²) in [6.45, 7) is 14.6. The Bertz CT molecular complexity index is 128. The SMILES string of the molecule is CC[Si](CC)(CC)S[Si](CC)(CC)CC. The quantitative estimate of drug-likeness (QED) is 0.503. The van der Waals surface area contributed by atoms with Crippen LogP contribution in [0, 0.1) is 0 Å². The fourth-order valence-electron chi connectivity index (χ4n) is 2.39. The van der Waals surface area contributed by atoms with Crippen LogP contribution in [0.15, 0.2) is 0 Å². The fourth-order valence-corrected chi connectivity index (χ4v) is 28.6. The highest BCUT2D eigenvalue weighted by Crippen LogP contribution is 2.44. The van der Waals surface area contributed by atoms with Crippen molar-refractivity contribution in [1.82, 2.24) is 0 Å². The highest BCUT2D eigenvalue weighted by molar-refractivity contribution is 8.50. The van der Waals surface area contributed by atoms with Crippen molar-refractivity contribution in [3.63, 3.8) is 0 Å². The lowest BCUT2D eigenvalue weighted by Crippen LogP contribution is -2.39. The molecule has 0 bridgehead atoms. The van der Waals surface area contributed by atoms with Crippen molar-refractivity contribution < 1.29 is 0 Å². The average Bonchev–Trinajstić information content (AvgIpc) is 2.33. The summed E-state index contributed by atoms with van der Waals surface area (Å²) in [7, 11) is 0.688. The summed E-state index contributed by atoms with van der Waals surface area (Å²) in [5, 5.41) is 0. The van der Waals surface area contributed by atoms with Crippen LogP contribution in [0.5, 0.6) is 0 Å². The van der Waals surface area contributed by atoms with Crippen molar-refractivity contribution in [1.29, 1.82) is 0 Å². The smallest absolute Gasteiger partial charge is 0.109 e. The van der Waals surface area contributed by atoms with E-state index in [1.54, 1.807) is 0 Å². The first kappa shape index (κ1) is 15.8. The summed E-state index contributed by atoms with van der Waals surface area (Å²) in [6, 6.07) is 8.91. The maximum Gasteiger partial charge on any atom is 0.109 e. The molecule has 0 aromatic rings. The first-order chi connectivity index (χ1) is 7.07. The van der Waals surface area contributed by atoms with Gasteiger partial charge in [-0.25, -0.2) is 10.7 Å². The van der Waals surface area contributed by atoms with Crippen molar-refractivity contribution in [2.75, 3.05) is 0 Å². The molecule has 0 aromatic carbocycles. The topological polar surface area (TPSA) is 0 Å². The Hall–Kier alpha value is 0.784. The minimum absolute atomic E-state index is 0.937. The summed E-state index contributed by atoms with van der Waals surface area (Å²) in [5.74, 6) is 0. The molecule has 0 aromatic heterocycles. The van der Waals surface area contributed by atoms with Crippen LogP contribution < -0.4 is 0 Å². The van der Waals surface area contributed by atoms with E-state index in [1.165, 1.54) is 36.3 Å². The van der Waals surface area contributed by atoms with E-state index in [0.29, 0.717) is 0 Å². The van der Waals surface area contributed by atoms with E-state index in [0.717, 1.165) is 0 Å². The largest absolute Gasteiger partial charge is 0.205 e. The van der Waals surface area contributed by atoms with Crippen LogP contribution in [0.25, 0.3) is 0 Å². The molecule has 3 heteroatoms. The predicted octanol–water partition coefficient (Wildman–Crippen LogP) is 5.73. The van der Waals surface area contributed by atoms with Gasteiger partial charge in [0.2, 0.25) is 0 Å². The Morgan fingerprint density at radius 3 is 0.867 bits per heavy atom. The maximum absolute atomic E-state index is 2.56. The number of rotatable bonds is 8. The number of hydrogen-bond donors (Lipinski definition) is 0. The molecule has 0 rings (SSSR count). The molecular formula is C12H30SSi2. The Kier molecular flexibility index (Phi) is 7.55. The predicted molar refractivity (Wildman–Crippen MR) is 82.0 cm³/mol. The van der Waals surface area contributed by atoms with Gasteiger partial charge in [-0.2, -0.15) is 0 Å². The van der Waals surface area contributed by atoms with Gasteiger partial charge in [-0.1, -0.05) is 77.8 Å². The molecule has 0 nitrogen and oxygen atoms in total. The summed E-state index contributed by atoms with van der Waals surface area (Å²) < 4.78 is 0. The highest BCUT2D eigenvalue weighted by atomic mass is 32.5. The van der Waals surface area contributed by atoms with Gasteiger partial charge in [-0.3, -0.25) is 0 Å². The molecule has 15 heavy (non-hydrogen) atoms. The molecule has 0 atom stereocenters. The molecule has 0 N–H and O–H groups in total. The van der Waals surface area contributed by atoms with Crippen LogP contribution in [-0.2, 0) is 0 Å². The van der Waals surface area contributed by atoms with Crippen molar-refractivity contribution in [2.24, 2.45) is 0 Å². The lowest BCUT2D eigenvalue weighted by molar-refractivity contribution is 1.21. The zero-order valence-electron chi connectivity index (χ0n) is 11.7. The second-order valence-electron chi connectivity index (χ2n) is 4.59. The Balaban J connectivity index is 4.74. The second kappa shape index (κ2) is 7.18. The zero-order chi connectivity index (χ0) is 11.9. The minimum Gasteiger partial charge on any atom is -0.205 e. The van der Waals surface area contributed by atoms with Gasteiger partial charge in [0.15, 0.2) is 0 Å². The van der Waals surface area contributed by atoms with Gasteiger partial charge in [0, 0.05) is 0 Å². The molecule has 0 aliphatic heterocycles. The van der Waals surface area contributed by atoms with Crippen molar-refractivity contribution in [3.05, 3.63) is 0 Å². The lowest BCUT2D eigenvalue weighted by atomic mass is 10.9. The third-order valence-corrected chi connectivity index (χ3v) is 28.5. The molecule has 0 aliphatic carbocycles. The van der Waals surface area contributed by atoms with E-state index in [1.807, 2.05) is 0 Å². The van der Waals surface area contributed by atoms with Crippen LogP contribution >= 0.6 is 10.7 Å². The first-order valence-electron chi connectivity index (χ1n) is 6.77. The van der Waals surface area contributed by atoms with Gasteiger partial charge in [0.1, 0.15) is 14.4 Å². The molecule has 0 aliphatic rings. The van der Waals surface area contributed by atoms with Crippen LogP contribution in [0.1, 0.15) is 41.5 Å². The molecule has 92 valence electrons. The van der Waals surface area contributed by atoms with Crippen molar-refractivity contribution >= 4 is 25.1 Å². The van der Waals surface area contributed by atoms with Gasteiger partial charge in [0.05, 0.1) is 0 Å². The summed E-state index contributed by atoms with van der Waals surface area (Å²) >= 11 is 0. The second-order valence-corrected chi connectivity index (χ2v) is 21.4. The molecule has 0 saturated heterocycles. The third kappa shape index (κ3) is 3.93. The molecule has 0 fully saturated rings. The molecule has 0 saturated carbocycles. The molecule has 0 heterocycles. The monoisotopic (exact) mass is 262 g/mol. The zero-order valence-corrected chi connectivity index (χ0v) is 14.5. The normalized spacial score (nSPS) is 13.2. The van der Waals surface area contributed by atoms with Crippen LogP contribution in [0.2, 0.25) is 36.3 Å². The summed E-state index contributed by atoms with van der Waals surface area (Å²) in [6.07, 6.45) is 0. The highest BCUT2D eigenvalue weighted by Gasteiger charge is 2.38. The standard InChI is InChI=1S/C12H30SSi2/c1-7-14(8-2,9-3)13-15(10-4,11-5)12-6/h7-12H2,1-6H3. The Morgan fingerprint density at radius 2 is 0.733 bits per heavy atom. The van der Waals surface area contributed by atoms with E-state index in [-0.39, 0.29) is 0 Å². The summed E-state index contributed by atoms with van der Waals surface area (Å²) in [5.41, 5.74) is 0. The van der Waals surface area contributed by atoms with Crippen molar-refractivity contribution in [3.8, 4) is 0 Å². The van der Waals surface area contributed by atoms with E-state index < -0.39 is 14.4 Å². The van der Waals surface area contributed by atoms with E-state index in [9.17, 15) is 0 Å². The van der Waals surface area contributed by atoms with Crippen molar-refractivity contribution in [2.45, 2.75) is 77.8 Å². The maximum atomic E-state index is 2.56. The molecule has 0 spiro atoms. The molecule has 0 unspecified atom stereocenters. The van der Waals surface area contributed by atoms with Crippen LogP contribution in [0.4, 0.5) is 0 Å². The molecular weight excluding hydrogens is 232 g/mol.